The van der Waals surface area contributed by atoms with Gasteiger partial charge in [0.25, 0.3) is 0 Å². The Hall–Kier alpha value is -0.650. The van der Waals surface area contributed by atoms with Gasteiger partial charge < -0.3 is 20.7 Å². The molecule has 4 aliphatic rings. The summed E-state index contributed by atoms with van der Waals surface area (Å²) in [6.45, 7) is 6.94. The zero-order valence-corrected chi connectivity index (χ0v) is 19.3. The van der Waals surface area contributed by atoms with Gasteiger partial charge in [0.05, 0.1) is 19.3 Å². The molecule has 0 aromatic carbocycles. The van der Waals surface area contributed by atoms with Crippen LogP contribution >= 0.6 is 0 Å². The standard InChI is InChI=1S/C25H43NO4/c1-14(5-8-22(29)30-4)17-6-7-18-23-19(13-21(28)25(17,18)3)24(2)10-9-16(26)11-15(24)12-20(23)27/h14-21,23,27-28H,5-13,26H2,1-4H3/t14?,15?,16-,17+,18?,19?,20+,21-,23?,24-,25+/m0/s1. The van der Waals surface area contributed by atoms with E-state index in [0.29, 0.717) is 36.0 Å². The van der Waals surface area contributed by atoms with E-state index in [0.717, 1.165) is 51.4 Å². The fourth-order valence-electron chi connectivity index (χ4n) is 8.84. The number of ether oxygens (including phenoxy) is 1. The van der Waals surface area contributed by atoms with E-state index in [2.05, 4.69) is 20.8 Å². The molecule has 0 aromatic rings. The fourth-order valence-corrected chi connectivity index (χ4v) is 8.84. The highest BCUT2D eigenvalue weighted by Gasteiger charge is 2.65. The number of esters is 1. The van der Waals surface area contributed by atoms with Crippen LogP contribution in [-0.2, 0) is 9.53 Å². The Kier molecular flexibility index (Phi) is 6.04. The van der Waals surface area contributed by atoms with E-state index in [1.807, 2.05) is 0 Å². The van der Waals surface area contributed by atoms with Crippen molar-refractivity contribution in [1.82, 2.24) is 0 Å². The lowest BCUT2D eigenvalue weighted by molar-refractivity contribution is -0.202. The highest BCUT2D eigenvalue weighted by atomic mass is 16.5. The minimum Gasteiger partial charge on any atom is -0.469 e. The van der Waals surface area contributed by atoms with E-state index >= 15 is 0 Å². The number of methoxy groups -OCH3 is 1. The zero-order chi connectivity index (χ0) is 21.8. The third-order valence-corrected chi connectivity index (χ3v) is 10.6. The maximum atomic E-state index is 11.7. The maximum Gasteiger partial charge on any atom is 0.305 e. The number of hydrogen-bond donors (Lipinski definition) is 3. The molecular formula is C25H43NO4. The Balaban J connectivity index is 1.58. The van der Waals surface area contributed by atoms with Crippen LogP contribution in [0.4, 0.5) is 0 Å². The molecule has 4 aliphatic carbocycles. The molecule has 0 amide bonds. The Morgan fingerprint density at radius 1 is 1.13 bits per heavy atom. The van der Waals surface area contributed by atoms with Crippen LogP contribution in [0.25, 0.3) is 0 Å². The van der Waals surface area contributed by atoms with Gasteiger partial charge in [0.2, 0.25) is 0 Å². The molecule has 0 aliphatic heterocycles. The monoisotopic (exact) mass is 421 g/mol. The molecule has 5 unspecified atom stereocenters. The number of nitrogens with two attached hydrogens (primary N) is 1. The third kappa shape index (κ3) is 3.34. The number of fused-ring (bicyclic) bond motifs is 5. The summed E-state index contributed by atoms with van der Waals surface area (Å²) in [5, 5.41) is 22.9. The van der Waals surface area contributed by atoms with Crippen molar-refractivity contribution in [1.29, 1.82) is 0 Å². The van der Waals surface area contributed by atoms with Crippen LogP contribution in [0.1, 0.15) is 78.6 Å². The topological polar surface area (TPSA) is 92.8 Å². The first-order chi connectivity index (χ1) is 14.1. The molecule has 172 valence electrons. The summed E-state index contributed by atoms with van der Waals surface area (Å²) >= 11 is 0. The normalized spacial score (nSPS) is 51.4. The summed E-state index contributed by atoms with van der Waals surface area (Å²) in [4.78, 5) is 11.7. The molecule has 0 radical (unpaired) electrons. The van der Waals surface area contributed by atoms with Crippen LogP contribution in [0.15, 0.2) is 0 Å². The predicted molar refractivity (Wildman–Crippen MR) is 116 cm³/mol. The van der Waals surface area contributed by atoms with Gasteiger partial charge in [0.15, 0.2) is 0 Å². The van der Waals surface area contributed by atoms with E-state index in [1.165, 1.54) is 7.11 Å². The van der Waals surface area contributed by atoms with Gasteiger partial charge in [-0.2, -0.15) is 0 Å². The molecule has 4 rings (SSSR count). The molecule has 5 heteroatoms. The molecule has 4 fully saturated rings. The average Bonchev–Trinajstić information content (AvgIpc) is 3.06. The van der Waals surface area contributed by atoms with Gasteiger partial charge in [-0.05, 0) is 97.7 Å². The second kappa shape index (κ2) is 8.04. The minimum absolute atomic E-state index is 0.150. The molecule has 5 nitrogen and oxygen atoms in total. The summed E-state index contributed by atoms with van der Waals surface area (Å²) in [5.41, 5.74) is 6.31. The van der Waals surface area contributed by atoms with E-state index < -0.39 is 0 Å². The summed E-state index contributed by atoms with van der Waals surface area (Å²) in [5.74, 6) is 2.11. The van der Waals surface area contributed by atoms with Crippen molar-refractivity contribution in [3.8, 4) is 0 Å². The van der Waals surface area contributed by atoms with Crippen molar-refractivity contribution in [3.63, 3.8) is 0 Å². The van der Waals surface area contributed by atoms with Crippen LogP contribution in [0.5, 0.6) is 0 Å². The smallest absolute Gasteiger partial charge is 0.305 e. The van der Waals surface area contributed by atoms with Gasteiger partial charge in [0.1, 0.15) is 0 Å². The molecule has 0 bridgehead atoms. The van der Waals surface area contributed by atoms with Crippen LogP contribution in [0, 0.1) is 46.3 Å². The lowest BCUT2D eigenvalue weighted by Gasteiger charge is -2.63. The number of aliphatic hydroxyl groups is 2. The van der Waals surface area contributed by atoms with Crippen LogP contribution in [0.2, 0.25) is 0 Å². The summed E-state index contributed by atoms with van der Waals surface area (Å²) in [6, 6.07) is 0.261. The quantitative estimate of drug-likeness (QED) is 0.604. The highest BCUT2D eigenvalue weighted by Crippen LogP contribution is 2.68. The molecule has 0 spiro atoms. The molecule has 0 saturated heterocycles. The molecule has 4 N–H and O–H groups in total. The SMILES string of the molecule is COC(=O)CCC(C)[C@H]1CCC2C3C(C[C@H](O)[C@@]21C)[C@@]1(C)CC[C@H](N)CC1C[C@H]3O. The Bertz CT molecular complexity index is 655. The second-order valence-corrected chi connectivity index (χ2v) is 11.7. The van der Waals surface area contributed by atoms with E-state index in [4.69, 9.17) is 10.5 Å². The zero-order valence-electron chi connectivity index (χ0n) is 19.3. The summed E-state index contributed by atoms with van der Waals surface area (Å²) < 4.78 is 4.84. The first kappa shape index (κ1) is 22.5. The van der Waals surface area contributed by atoms with E-state index in [-0.39, 0.29) is 41.0 Å². The first-order valence-corrected chi connectivity index (χ1v) is 12.3. The van der Waals surface area contributed by atoms with E-state index in [1.54, 1.807) is 0 Å². The molecular weight excluding hydrogens is 378 g/mol. The van der Waals surface area contributed by atoms with Gasteiger partial charge >= 0.3 is 5.97 Å². The first-order valence-electron chi connectivity index (χ1n) is 12.3. The van der Waals surface area contributed by atoms with Crippen LogP contribution < -0.4 is 5.73 Å². The molecule has 4 saturated carbocycles. The Morgan fingerprint density at radius 2 is 1.87 bits per heavy atom. The highest BCUT2D eigenvalue weighted by molar-refractivity contribution is 5.69. The Morgan fingerprint density at radius 3 is 2.57 bits per heavy atom. The molecule has 30 heavy (non-hydrogen) atoms. The summed E-state index contributed by atoms with van der Waals surface area (Å²) in [6.07, 6.45) is 7.69. The van der Waals surface area contributed by atoms with Crippen LogP contribution in [0.3, 0.4) is 0 Å². The van der Waals surface area contributed by atoms with Crippen molar-refractivity contribution in [2.24, 2.45) is 52.1 Å². The fraction of sp³-hybridized carbons (Fsp3) is 0.960. The Labute approximate surface area is 182 Å². The number of carbonyl (C=O) groups excluding carboxylic acids is 1. The molecule has 0 heterocycles. The predicted octanol–water partition coefficient (Wildman–Crippen LogP) is 3.50. The third-order valence-electron chi connectivity index (χ3n) is 10.6. The van der Waals surface area contributed by atoms with Gasteiger partial charge in [-0.25, -0.2) is 0 Å². The number of hydrogen-bond acceptors (Lipinski definition) is 5. The number of rotatable bonds is 4. The summed E-state index contributed by atoms with van der Waals surface area (Å²) in [7, 11) is 1.45. The van der Waals surface area contributed by atoms with Gasteiger partial charge in [-0.1, -0.05) is 20.8 Å². The molecule has 11 atom stereocenters. The second-order valence-electron chi connectivity index (χ2n) is 11.7. The number of aliphatic hydroxyl groups excluding tert-OH is 2. The van der Waals surface area contributed by atoms with Crippen molar-refractivity contribution in [3.05, 3.63) is 0 Å². The average molecular weight is 422 g/mol. The van der Waals surface area contributed by atoms with Gasteiger partial charge in [0, 0.05) is 12.5 Å². The molecule has 0 aromatic heterocycles. The van der Waals surface area contributed by atoms with Crippen molar-refractivity contribution in [2.45, 2.75) is 96.8 Å². The van der Waals surface area contributed by atoms with Gasteiger partial charge in [-0.3, -0.25) is 4.79 Å². The minimum atomic E-state index is -0.338. The van der Waals surface area contributed by atoms with Gasteiger partial charge in [-0.15, -0.1) is 0 Å². The maximum absolute atomic E-state index is 11.7. The van der Waals surface area contributed by atoms with Crippen molar-refractivity contribution < 1.29 is 19.7 Å². The largest absolute Gasteiger partial charge is 0.469 e. The van der Waals surface area contributed by atoms with E-state index in [9.17, 15) is 15.0 Å². The lowest BCUT2D eigenvalue weighted by Crippen LogP contribution is -2.62. The lowest BCUT2D eigenvalue weighted by atomic mass is 9.43. The number of carbonyl (C=O) groups is 1. The van der Waals surface area contributed by atoms with Crippen molar-refractivity contribution >= 4 is 5.97 Å². The van der Waals surface area contributed by atoms with Crippen molar-refractivity contribution in [2.75, 3.05) is 7.11 Å². The van der Waals surface area contributed by atoms with Crippen LogP contribution in [-0.4, -0.2) is 41.5 Å².